The molecule has 2 aromatic heterocycles. The monoisotopic (exact) mass is 291 g/mol. The van der Waals surface area contributed by atoms with Crippen molar-refractivity contribution in [1.29, 1.82) is 0 Å². The molecule has 3 aromatic rings. The molecule has 0 bridgehead atoms. The van der Waals surface area contributed by atoms with Gasteiger partial charge in [0, 0.05) is 27.1 Å². The summed E-state index contributed by atoms with van der Waals surface area (Å²) in [5.41, 5.74) is 0. The Kier molecular flexibility index (Phi) is 3.55. The molecule has 0 radical (unpaired) electrons. The summed E-state index contributed by atoms with van der Waals surface area (Å²) in [6.45, 7) is 0. The fourth-order valence-corrected chi connectivity index (χ4v) is 3.97. The Bertz CT molecular complexity index is 645. The van der Waals surface area contributed by atoms with Gasteiger partial charge in [0.05, 0.1) is 5.02 Å². The lowest BCUT2D eigenvalue weighted by atomic mass is 10.3. The Morgan fingerprint density at radius 3 is 2.89 bits per heavy atom. The predicted octanol–water partition coefficient (Wildman–Crippen LogP) is 5.24. The van der Waals surface area contributed by atoms with Gasteiger partial charge in [0.2, 0.25) is 0 Å². The van der Waals surface area contributed by atoms with E-state index in [-0.39, 0.29) is 0 Å². The summed E-state index contributed by atoms with van der Waals surface area (Å²) in [4.78, 5) is 7.92. The van der Waals surface area contributed by atoms with E-state index in [1.807, 2.05) is 30.5 Å². The van der Waals surface area contributed by atoms with Crippen LogP contribution in [0, 0.1) is 0 Å². The van der Waals surface area contributed by atoms with Crippen LogP contribution in [0.4, 0.5) is 0 Å². The molecule has 18 heavy (non-hydrogen) atoms. The normalized spacial score (nSPS) is 10.9. The summed E-state index contributed by atoms with van der Waals surface area (Å²) < 4.78 is 0. The summed E-state index contributed by atoms with van der Waals surface area (Å²) in [7, 11) is 0. The van der Waals surface area contributed by atoms with Crippen LogP contribution in [0.3, 0.4) is 0 Å². The molecule has 1 nitrogen and oxygen atoms in total. The summed E-state index contributed by atoms with van der Waals surface area (Å²) in [5.74, 6) is 0.935. The minimum Gasteiger partial charge on any atom is -0.245 e. The van der Waals surface area contributed by atoms with Crippen LogP contribution in [0.2, 0.25) is 5.02 Å². The van der Waals surface area contributed by atoms with E-state index in [0.717, 1.165) is 20.5 Å². The third-order valence-electron chi connectivity index (χ3n) is 2.55. The molecule has 1 aromatic carbocycles. The van der Waals surface area contributed by atoms with Crippen molar-refractivity contribution in [2.75, 3.05) is 0 Å². The number of halogens is 1. The van der Waals surface area contributed by atoms with Gasteiger partial charge in [-0.05, 0) is 24.3 Å². The van der Waals surface area contributed by atoms with E-state index in [1.54, 1.807) is 23.1 Å². The number of fused-ring (bicyclic) bond motifs is 1. The molecule has 0 aliphatic heterocycles. The molecule has 90 valence electrons. The van der Waals surface area contributed by atoms with Gasteiger partial charge in [-0.15, -0.1) is 23.1 Å². The Morgan fingerprint density at radius 2 is 2.06 bits per heavy atom. The summed E-state index contributed by atoms with van der Waals surface area (Å²) in [5, 5.41) is 2.04. The van der Waals surface area contributed by atoms with E-state index in [0.29, 0.717) is 0 Å². The average molecular weight is 292 g/mol. The highest BCUT2D eigenvalue weighted by Crippen LogP contribution is 2.33. The van der Waals surface area contributed by atoms with E-state index in [9.17, 15) is 0 Å². The van der Waals surface area contributed by atoms with Crippen LogP contribution in [0.1, 0.15) is 4.88 Å². The van der Waals surface area contributed by atoms with Crippen LogP contribution in [0.25, 0.3) is 10.2 Å². The second-order valence-electron chi connectivity index (χ2n) is 3.83. The number of aromatic nitrogens is 1. The van der Waals surface area contributed by atoms with Gasteiger partial charge in [-0.3, -0.25) is 0 Å². The smallest absolute Gasteiger partial charge is 0.123 e. The quantitative estimate of drug-likeness (QED) is 0.612. The molecule has 0 aliphatic rings. The van der Waals surface area contributed by atoms with Gasteiger partial charge in [-0.25, -0.2) is 4.98 Å². The highest BCUT2D eigenvalue weighted by molar-refractivity contribution is 7.98. The number of thioether (sulfide) groups is 1. The number of pyridine rings is 1. The van der Waals surface area contributed by atoms with Gasteiger partial charge in [0.15, 0.2) is 0 Å². The predicted molar refractivity (Wildman–Crippen MR) is 80.6 cm³/mol. The van der Waals surface area contributed by atoms with Gasteiger partial charge in [-0.2, -0.15) is 0 Å². The van der Waals surface area contributed by atoms with Crippen LogP contribution in [-0.4, -0.2) is 4.98 Å². The fraction of sp³-hybridized carbons (Fsp3) is 0.0714. The SMILES string of the molecule is Clc1ccccc1SCc1cc2cccnc2s1. The molecule has 0 amide bonds. The summed E-state index contributed by atoms with van der Waals surface area (Å²) in [6, 6.07) is 14.2. The number of hydrogen-bond acceptors (Lipinski definition) is 3. The van der Waals surface area contributed by atoms with Crippen LogP contribution in [-0.2, 0) is 5.75 Å². The van der Waals surface area contributed by atoms with Crippen molar-refractivity contribution in [2.45, 2.75) is 10.6 Å². The van der Waals surface area contributed by atoms with Crippen molar-refractivity contribution in [1.82, 2.24) is 4.98 Å². The highest BCUT2D eigenvalue weighted by Gasteiger charge is 2.04. The van der Waals surface area contributed by atoms with E-state index in [2.05, 4.69) is 23.2 Å². The minimum absolute atomic E-state index is 0.821. The lowest BCUT2D eigenvalue weighted by Crippen LogP contribution is -1.75. The zero-order valence-corrected chi connectivity index (χ0v) is 11.9. The zero-order valence-electron chi connectivity index (χ0n) is 9.47. The standard InChI is InChI=1S/C14H10ClNS2/c15-12-5-1-2-6-13(12)17-9-11-8-10-4-3-7-16-14(10)18-11/h1-8H,9H2. The van der Waals surface area contributed by atoms with Gasteiger partial charge in [-0.1, -0.05) is 29.8 Å². The number of nitrogens with zero attached hydrogens (tertiary/aromatic N) is 1. The third kappa shape index (κ3) is 2.53. The summed E-state index contributed by atoms with van der Waals surface area (Å²) in [6.07, 6.45) is 1.84. The average Bonchev–Trinajstić information content (AvgIpc) is 2.80. The number of thiophene rings is 1. The van der Waals surface area contributed by atoms with Crippen molar-refractivity contribution < 1.29 is 0 Å². The van der Waals surface area contributed by atoms with Gasteiger partial charge >= 0.3 is 0 Å². The molecule has 2 heterocycles. The minimum atomic E-state index is 0.821. The van der Waals surface area contributed by atoms with Crippen LogP contribution >= 0.6 is 34.7 Å². The zero-order chi connectivity index (χ0) is 12.4. The largest absolute Gasteiger partial charge is 0.245 e. The second kappa shape index (κ2) is 5.31. The third-order valence-corrected chi connectivity index (χ3v) is 5.36. The molecule has 4 heteroatoms. The maximum atomic E-state index is 6.14. The van der Waals surface area contributed by atoms with Crippen molar-refractivity contribution in [3.05, 3.63) is 58.6 Å². The Morgan fingerprint density at radius 1 is 1.17 bits per heavy atom. The van der Waals surface area contributed by atoms with Gasteiger partial charge in [0.25, 0.3) is 0 Å². The van der Waals surface area contributed by atoms with Crippen LogP contribution in [0.15, 0.2) is 53.6 Å². The fourth-order valence-electron chi connectivity index (χ4n) is 1.71. The van der Waals surface area contributed by atoms with Crippen molar-refractivity contribution in [3.8, 4) is 0 Å². The molecule has 3 rings (SSSR count). The van der Waals surface area contributed by atoms with E-state index in [4.69, 9.17) is 11.6 Å². The van der Waals surface area contributed by atoms with E-state index < -0.39 is 0 Å². The molecule has 0 fully saturated rings. The molecule has 0 aliphatic carbocycles. The topological polar surface area (TPSA) is 12.9 Å². The Balaban J connectivity index is 1.79. The molecule has 0 atom stereocenters. The lowest BCUT2D eigenvalue weighted by Gasteiger charge is -2.01. The van der Waals surface area contributed by atoms with E-state index >= 15 is 0 Å². The molecular formula is C14H10ClNS2. The van der Waals surface area contributed by atoms with Crippen LogP contribution < -0.4 is 0 Å². The first kappa shape index (κ1) is 12.0. The lowest BCUT2D eigenvalue weighted by molar-refractivity contribution is 1.43. The van der Waals surface area contributed by atoms with Gasteiger partial charge in [0.1, 0.15) is 4.83 Å². The summed E-state index contributed by atoms with van der Waals surface area (Å²) >= 11 is 9.65. The maximum absolute atomic E-state index is 6.14. The molecule has 0 spiro atoms. The van der Waals surface area contributed by atoms with Crippen molar-refractivity contribution >= 4 is 44.9 Å². The first-order valence-corrected chi connectivity index (χ1v) is 7.72. The number of benzene rings is 1. The van der Waals surface area contributed by atoms with Gasteiger partial charge < -0.3 is 0 Å². The Labute approximate surface area is 119 Å². The number of rotatable bonds is 3. The van der Waals surface area contributed by atoms with Crippen molar-refractivity contribution in [2.24, 2.45) is 0 Å². The molecular weight excluding hydrogens is 282 g/mol. The molecule has 0 saturated heterocycles. The van der Waals surface area contributed by atoms with Crippen molar-refractivity contribution in [3.63, 3.8) is 0 Å². The Hall–Kier alpha value is -1.03. The first-order chi connectivity index (χ1) is 8.83. The maximum Gasteiger partial charge on any atom is 0.123 e. The molecule has 0 saturated carbocycles. The van der Waals surface area contributed by atoms with Crippen LogP contribution in [0.5, 0.6) is 0 Å². The molecule has 0 N–H and O–H groups in total. The second-order valence-corrected chi connectivity index (χ2v) is 6.37. The highest BCUT2D eigenvalue weighted by atomic mass is 35.5. The van der Waals surface area contributed by atoms with E-state index in [1.165, 1.54) is 10.3 Å². The molecule has 0 unspecified atom stereocenters. The first-order valence-electron chi connectivity index (χ1n) is 5.54. The number of hydrogen-bond donors (Lipinski definition) is 0.